The first kappa shape index (κ1) is 52.9. The summed E-state index contributed by atoms with van der Waals surface area (Å²) < 4.78 is 56.0. The summed E-state index contributed by atoms with van der Waals surface area (Å²) in [6.45, 7) is 13.8. The normalized spacial score (nSPS) is 14.3. The maximum Gasteiger partial charge on any atom is 0.424 e. The third kappa shape index (κ3) is 15.5. The van der Waals surface area contributed by atoms with Gasteiger partial charge in [0.2, 0.25) is 0 Å². The van der Waals surface area contributed by atoms with Crippen LogP contribution in [0.5, 0.6) is 17.2 Å². The molecule has 19 heteroatoms. The molecule has 372 valence electrons. The molecule has 69 heavy (non-hydrogen) atoms. The van der Waals surface area contributed by atoms with Crippen LogP contribution in [0, 0.1) is 11.6 Å². The summed E-state index contributed by atoms with van der Waals surface area (Å²) in [6, 6.07) is 18.0. The van der Waals surface area contributed by atoms with Gasteiger partial charge in [-0.05, 0) is 123 Å². The number of hydrogen-bond donors (Lipinski definition) is 1. The van der Waals surface area contributed by atoms with Crippen LogP contribution in [0.3, 0.4) is 0 Å². The predicted octanol–water partition coefficient (Wildman–Crippen LogP) is 9.35. The number of carbonyl (C=O) groups is 4. The molecule has 0 unspecified atom stereocenters. The van der Waals surface area contributed by atoms with Gasteiger partial charge < -0.3 is 43.7 Å². The van der Waals surface area contributed by atoms with Crippen LogP contribution in [0.25, 0.3) is 22.5 Å². The van der Waals surface area contributed by atoms with Crippen molar-refractivity contribution in [2.24, 2.45) is 0 Å². The van der Waals surface area contributed by atoms with Crippen LogP contribution in [0.4, 0.5) is 28.0 Å². The molecule has 0 aliphatic carbocycles. The summed E-state index contributed by atoms with van der Waals surface area (Å²) in [5.41, 5.74) is 1.11. The van der Waals surface area contributed by atoms with Gasteiger partial charge in [-0.2, -0.15) is 0 Å². The van der Waals surface area contributed by atoms with Crippen molar-refractivity contribution in [3.8, 4) is 39.8 Å². The Morgan fingerprint density at radius 1 is 0.652 bits per heavy atom. The van der Waals surface area contributed by atoms with Crippen molar-refractivity contribution in [2.75, 3.05) is 54.5 Å². The number of carbonyl (C=O) groups excluding carboxylic acids is 4. The number of benzene rings is 3. The maximum atomic E-state index is 14.0. The van der Waals surface area contributed by atoms with E-state index >= 15 is 0 Å². The number of piperidine rings is 2. The minimum Gasteiger partial charge on any atom is -0.494 e. The average molecular weight is 959 g/mol. The summed E-state index contributed by atoms with van der Waals surface area (Å²) >= 11 is 0. The Morgan fingerprint density at radius 2 is 1.10 bits per heavy atom. The second kappa shape index (κ2) is 23.8. The average Bonchev–Trinajstić information content (AvgIpc) is 4.03. The van der Waals surface area contributed by atoms with E-state index in [1.165, 1.54) is 66.5 Å². The van der Waals surface area contributed by atoms with Gasteiger partial charge in [-0.15, -0.1) is 0 Å². The molecule has 2 aliphatic rings. The SMILES string of the molecule is CNC1CCN(C(=O)OC(C)(C)C)CC1.COc1ccc(-c2cn(C(=O)N(C)C3CCN(C(=O)OC(C)(C)C)CC3)cn2)cc1F.COc1ccc(-c2cn(C(=O)Oc3ccccc3)cn2)cc1F. The van der Waals surface area contributed by atoms with Crippen molar-refractivity contribution < 1.29 is 51.6 Å². The number of ether oxygens (including phenoxy) is 5. The molecule has 3 amide bonds. The number of halogens is 2. The molecule has 2 saturated heterocycles. The highest BCUT2D eigenvalue weighted by Crippen LogP contribution is 2.27. The molecule has 4 heterocycles. The van der Waals surface area contributed by atoms with E-state index in [0.29, 0.717) is 60.2 Å². The highest BCUT2D eigenvalue weighted by molar-refractivity contribution is 5.78. The zero-order chi connectivity index (χ0) is 50.5. The molecule has 2 aromatic heterocycles. The Hall–Kier alpha value is -7.02. The lowest BCUT2D eigenvalue weighted by atomic mass is 10.0. The highest BCUT2D eigenvalue weighted by Gasteiger charge is 2.31. The van der Waals surface area contributed by atoms with Gasteiger partial charge in [0, 0.05) is 68.8 Å². The fourth-order valence-electron chi connectivity index (χ4n) is 7.22. The number of amides is 3. The minimum atomic E-state index is -0.594. The van der Waals surface area contributed by atoms with Crippen molar-refractivity contribution in [1.82, 2.24) is 39.1 Å². The van der Waals surface area contributed by atoms with Crippen LogP contribution in [0.1, 0.15) is 67.2 Å². The minimum absolute atomic E-state index is 0.00420. The number of likely N-dealkylation sites (tertiary alicyclic amines) is 2. The van der Waals surface area contributed by atoms with Crippen LogP contribution in [-0.4, -0.2) is 136 Å². The number of rotatable bonds is 7. The number of hydrogen-bond acceptors (Lipinski definition) is 12. The lowest BCUT2D eigenvalue weighted by Crippen LogP contribution is -2.49. The Bertz CT molecular complexity index is 2490. The smallest absolute Gasteiger partial charge is 0.424 e. The van der Waals surface area contributed by atoms with E-state index in [1.54, 1.807) is 64.3 Å². The number of methoxy groups -OCH3 is 2. The van der Waals surface area contributed by atoms with Gasteiger partial charge in [0.05, 0.1) is 25.6 Å². The molecule has 0 radical (unpaired) electrons. The number of imidazole rings is 2. The monoisotopic (exact) mass is 958 g/mol. The zero-order valence-electron chi connectivity index (χ0n) is 41.0. The van der Waals surface area contributed by atoms with E-state index in [4.69, 9.17) is 23.7 Å². The lowest BCUT2D eigenvalue weighted by Gasteiger charge is -2.37. The first-order chi connectivity index (χ1) is 32.7. The Morgan fingerprint density at radius 3 is 1.54 bits per heavy atom. The molecular weight excluding hydrogens is 895 g/mol. The van der Waals surface area contributed by atoms with Gasteiger partial charge in [-0.25, -0.2) is 42.5 Å². The molecule has 0 atom stereocenters. The van der Waals surface area contributed by atoms with Crippen molar-refractivity contribution in [2.45, 2.75) is 90.5 Å². The number of nitrogens with zero attached hydrogens (tertiary/aromatic N) is 7. The predicted molar refractivity (Wildman–Crippen MR) is 255 cm³/mol. The Balaban J connectivity index is 0.000000206. The molecule has 3 aromatic carbocycles. The lowest BCUT2D eigenvalue weighted by molar-refractivity contribution is 0.0168. The van der Waals surface area contributed by atoms with Gasteiger partial charge in [-0.3, -0.25) is 4.57 Å². The first-order valence-electron chi connectivity index (χ1n) is 22.6. The van der Waals surface area contributed by atoms with Crippen LogP contribution < -0.4 is 19.5 Å². The second-order valence-corrected chi connectivity index (χ2v) is 18.3. The first-order valence-corrected chi connectivity index (χ1v) is 22.6. The molecule has 0 saturated carbocycles. The van der Waals surface area contributed by atoms with E-state index < -0.39 is 28.9 Å². The third-order valence-electron chi connectivity index (χ3n) is 11.0. The fraction of sp³-hybridized carbons (Fsp3) is 0.440. The molecule has 1 N–H and O–H groups in total. The van der Waals surface area contributed by atoms with Crippen LogP contribution in [-0.2, 0) is 9.47 Å². The quantitative estimate of drug-likeness (QED) is 0.164. The van der Waals surface area contributed by atoms with Crippen molar-refractivity contribution in [3.63, 3.8) is 0 Å². The largest absolute Gasteiger partial charge is 0.494 e. The number of aromatic nitrogens is 4. The van der Waals surface area contributed by atoms with Gasteiger partial charge >= 0.3 is 24.3 Å². The summed E-state index contributed by atoms with van der Waals surface area (Å²) in [7, 11) is 6.50. The molecule has 0 spiro atoms. The number of para-hydroxylation sites is 1. The number of nitrogens with one attached hydrogen (secondary N) is 1. The maximum absolute atomic E-state index is 14.0. The van der Waals surface area contributed by atoms with Gasteiger partial charge in [0.25, 0.3) is 0 Å². The fourth-order valence-corrected chi connectivity index (χ4v) is 7.22. The Kier molecular flexibility index (Phi) is 18.3. The van der Waals surface area contributed by atoms with E-state index in [1.807, 2.05) is 54.7 Å². The standard InChI is InChI=1S/C22H29FN4O4.C17H13FN2O3.C11H22N2O2/c1-22(2,3)31-21(29)26-10-8-16(9-11-26)25(4)20(28)27-13-18(24-14-27)15-6-7-19(30-5)17(23)12-15;1-22-16-8-7-12(9-14(16)18)15-10-20(11-19-15)17(21)23-13-5-3-2-4-6-13;1-11(2,3)15-10(14)13-7-5-9(12-4)6-8-13/h6-7,12-14,16H,8-11H2,1-5H3;2-11H,1H3;9,12H,5-8H2,1-4H3. The molecule has 5 aromatic rings. The van der Waals surface area contributed by atoms with Crippen molar-refractivity contribution >= 4 is 24.3 Å². The van der Waals surface area contributed by atoms with Gasteiger partial charge in [0.15, 0.2) is 23.1 Å². The molecule has 7 rings (SSSR count). The third-order valence-corrected chi connectivity index (χ3v) is 11.0. The Labute approximate surface area is 402 Å². The van der Waals surface area contributed by atoms with Crippen molar-refractivity contribution in [1.29, 1.82) is 0 Å². The van der Waals surface area contributed by atoms with Crippen molar-refractivity contribution in [3.05, 3.63) is 103 Å². The van der Waals surface area contributed by atoms with E-state index in [2.05, 4.69) is 15.3 Å². The van der Waals surface area contributed by atoms with E-state index in [-0.39, 0.29) is 35.8 Å². The summed E-state index contributed by atoms with van der Waals surface area (Å²) in [5.74, 6) is -0.252. The van der Waals surface area contributed by atoms with Crippen LogP contribution in [0.15, 0.2) is 91.8 Å². The molecule has 17 nitrogen and oxygen atoms in total. The summed E-state index contributed by atoms with van der Waals surface area (Å²) in [5, 5.41) is 3.23. The molecular formula is C50H64F2N8O9. The molecule has 2 fully saturated rings. The highest BCUT2D eigenvalue weighted by atomic mass is 19.1. The van der Waals surface area contributed by atoms with Crippen LogP contribution in [0.2, 0.25) is 0 Å². The van der Waals surface area contributed by atoms with Crippen LogP contribution >= 0.6 is 0 Å². The molecule has 2 aliphatic heterocycles. The summed E-state index contributed by atoms with van der Waals surface area (Å²) in [4.78, 5) is 62.3. The van der Waals surface area contributed by atoms with Gasteiger partial charge in [-0.1, -0.05) is 18.2 Å². The molecule has 0 bridgehead atoms. The van der Waals surface area contributed by atoms with E-state index in [9.17, 15) is 28.0 Å². The summed E-state index contributed by atoms with van der Waals surface area (Å²) in [6.07, 6.45) is 8.04. The van der Waals surface area contributed by atoms with Gasteiger partial charge in [0.1, 0.15) is 29.6 Å². The van der Waals surface area contributed by atoms with E-state index in [0.717, 1.165) is 25.9 Å². The second-order valence-electron chi connectivity index (χ2n) is 18.3. The zero-order valence-corrected chi connectivity index (χ0v) is 41.0. The topological polar surface area (TPSA) is 172 Å².